The SMILES string of the molecule is C=CCNc1nc2c(s1)CC1C(C)(CO)C(O)CCC1(C)C2CC(=O)N1CCOCC1. The summed E-state index contributed by atoms with van der Waals surface area (Å²) in [7, 11) is 0. The topological polar surface area (TPSA) is 94.9 Å². The maximum atomic E-state index is 13.3. The van der Waals surface area contributed by atoms with Crippen molar-refractivity contribution in [1.82, 2.24) is 9.88 Å². The maximum absolute atomic E-state index is 13.3. The molecule has 0 aromatic carbocycles. The lowest BCUT2D eigenvalue weighted by Crippen LogP contribution is -2.58. The lowest BCUT2D eigenvalue weighted by molar-refractivity contribution is -0.149. The minimum absolute atomic E-state index is 0.0366. The molecule has 1 aromatic heterocycles. The van der Waals surface area contributed by atoms with Gasteiger partial charge in [-0.15, -0.1) is 17.9 Å². The van der Waals surface area contributed by atoms with E-state index in [4.69, 9.17) is 9.72 Å². The molecule has 1 amide bonds. The third-order valence-corrected chi connectivity index (χ3v) is 9.08. The minimum atomic E-state index is -0.594. The normalized spacial score (nSPS) is 35.2. The highest BCUT2D eigenvalue weighted by Gasteiger charge is 2.59. The fraction of sp³-hybridized carbons (Fsp3) is 0.739. The van der Waals surface area contributed by atoms with E-state index in [-0.39, 0.29) is 29.8 Å². The van der Waals surface area contributed by atoms with Crippen molar-refractivity contribution >= 4 is 22.4 Å². The number of nitrogens with zero attached hydrogens (tertiary/aromatic N) is 2. The predicted octanol–water partition coefficient (Wildman–Crippen LogP) is 2.41. The fourth-order valence-corrected chi connectivity index (χ4v) is 7.07. The number of anilines is 1. The summed E-state index contributed by atoms with van der Waals surface area (Å²) >= 11 is 1.63. The average Bonchev–Trinajstić information content (AvgIpc) is 3.19. The van der Waals surface area contributed by atoms with Gasteiger partial charge in [0.15, 0.2) is 5.13 Å². The highest BCUT2D eigenvalue weighted by Crippen LogP contribution is 2.62. The van der Waals surface area contributed by atoms with E-state index in [1.165, 1.54) is 4.88 Å². The van der Waals surface area contributed by atoms with E-state index >= 15 is 0 Å². The van der Waals surface area contributed by atoms with Crippen molar-refractivity contribution in [2.24, 2.45) is 16.7 Å². The summed E-state index contributed by atoms with van der Waals surface area (Å²) in [6, 6.07) is 0. The molecule has 5 unspecified atom stereocenters. The Bertz CT molecular complexity index is 824. The molecule has 31 heavy (non-hydrogen) atoms. The van der Waals surface area contributed by atoms with Gasteiger partial charge in [-0.25, -0.2) is 4.98 Å². The molecule has 3 aliphatic rings. The highest BCUT2D eigenvalue weighted by molar-refractivity contribution is 7.15. The molecule has 0 bridgehead atoms. The van der Waals surface area contributed by atoms with Crippen molar-refractivity contribution in [2.75, 3.05) is 44.8 Å². The first-order chi connectivity index (χ1) is 14.8. The van der Waals surface area contributed by atoms with Gasteiger partial charge >= 0.3 is 0 Å². The third-order valence-electron chi connectivity index (χ3n) is 8.03. The summed E-state index contributed by atoms with van der Waals surface area (Å²) in [5.74, 6) is 0.188. The summed E-state index contributed by atoms with van der Waals surface area (Å²) in [6.45, 7) is 11.0. The summed E-state index contributed by atoms with van der Waals surface area (Å²) in [5, 5.41) is 25.3. The van der Waals surface area contributed by atoms with Gasteiger partial charge in [0.25, 0.3) is 0 Å². The van der Waals surface area contributed by atoms with Gasteiger partial charge in [0.1, 0.15) is 0 Å². The lowest BCUT2D eigenvalue weighted by atomic mass is 9.47. The first kappa shape index (κ1) is 22.7. The molecule has 2 fully saturated rings. The number of aliphatic hydroxyl groups excluding tert-OH is 2. The van der Waals surface area contributed by atoms with Crippen molar-refractivity contribution in [3.8, 4) is 0 Å². The monoisotopic (exact) mass is 449 g/mol. The molecule has 3 N–H and O–H groups in total. The van der Waals surface area contributed by atoms with E-state index in [2.05, 4.69) is 18.8 Å². The van der Waals surface area contributed by atoms with Gasteiger partial charge in [-0.1, -0.05) is 19.9 Å². The molecule has 0 spiro atoms. The molecule has 5 atom stereocenters. The van der Waals surface area contributed by atoms with Crippen molar-refractivity contribution in [2.45, 2.75) is 51.6 Å². The van der Waals surface area contributed by atoms with Crippen molar-refractivity contribution in [1.29, 1.82) is 0 Å². The number of rotatable bonds is 6. The standard InChI is InChI=1S/C23H35N3O4S/c1-4-7-24-21-25-20-15(12-19(29)26-8-10-30-11-9-26)22(2)6-5-18(28)23(3,14-27)17(22)13-16(20)31-21/h4,15,17-18,27-28H,1,5-14H2,2-3H3,(H,24,25). The van der Waals surface area contributed by atoms with Crippen molar-refractivity contribution in [3.63, 3.8) is 0 Å². The Hall–Kier alpha value is -1.48. The van der Waals surface area contributed by atoms with Crippen LogP contribution in [0, 0.1) is 16.7 Å². The van der Waals surface area contributed by atoms with E-state index in [1.807, 2.05) is 11.8 Å². The van der Waals surface area contributed by atoms with Crippen LogP contribution in [0.25, 0.3) is 0 Å². The zero-order chi connectivity index (χ0) is 22.2. The molecule has 172 valence electrons. The van der Waals surface area contributed by atoms with Crippen LogP contribution < -0.4 is 5.32 Å². The molecule has 1 saturated heterocycles. The quantitative estimate of drug-likeness (QED) is 0.578. The smallest absolute Gasteiger partial charge is 0.223 e. The van der Waals surface area contributed by atoms with Gasteiger partial charge in [-0.2, -0.15) is 0 Å². The van der Waals surface area contributed by atoms with Crippen LogP contribution in [0.1, 0.15) is 49.6 Å². The number of hydrogen-bond donors (Lipinski definition) is 3. The number of fused-ring (bicyclic) bond motifs is 2. The van der Waals surface area contributed by atoms with Gasteiger partial charge in [-0.05, 0) is 30.6 Å². The second kappa shape index (κ2) is 8.81. The molecule has 2 aliphatic carbocycles. The molecule has 1 aromatic rings. The average molecular weight is 450 g/mol. The van der Waals surface area contributed by atoms with Crippen LogP contribution >= 0.6 is 11.3 Å². The number of aromatic nitrogens is 1. The Labute approximate surface area is 188 Å². The van der Waals surface area contributed by atoms with Gasteiger partial charge < -0.3 is 25.2 Å². The molecule has 2 heterocycles. The van der Waals surface area contributed by atoms with E-state index in [0.717, 1.165) is 23.7 Å². The molecule has 1 aliphatic heterocycles. The van der Waals surface area contributed by atoms with Crippen LogP contribution in [0.2, 0.25) is 0 Å². The number of morpholine rings is 1. The number of aliphatic hydroxyl groups is 2. The van der Waals surface area contributed by atoms with Crippen LogP contribution in [0.4, 0.5) is 5.13 Å². The molecule has 0 radical (unpaired) electrons. The fourth-order valence-electron chi connectivity index (χ4n) is 6.00. The van der Waals surface area contributed by atoms with E-state index in [0.29, 0.717) is 45.7 Å². The highest BCUT2D eigenvalue weighted by atomic mass is 32.1. The molecule has 1 saturated carbocycles. The number of carbonyl (C=O) groups is 1. The number of carbonyl (C=O) groups excluding carboxylic acids is 1. The predicted molar refractivity (Wildman–Crippen MR) is 121 cm³/mol. The largest absolute Gasteiger partial charge is 0.396 e. The molecule has 4 rings (SSSR count). The number of ether oxygens (including phenoxy) is 1. The van der Waals surface area contributed by atoms with Gasteiger partial charge in [0, 0.05) is 42.3 Å². The van der Waals surface area contributed by atoms with E-state index in [9.17, 15) is 15.0 Å². The van der Waals surface area contributed by atoms with Gasteiger partial charge in [0.05, 0.1) is 31.6 Å². The second-order valence-electron chi connectivity index (χ2n) is 9.73. The molecule has 8 heteroatoms. The summed E-state index contributed by atoms with van der Waals surface area (Å²) in [6.07, 6.45) is 3.90. The summed E-state index contributed by atoms with van der Waals surface area (Å²) in [4.78, 5) is 21.3. The molecular formula is C23H35N3O4S. The van der Waals surface area contributed by atoms with E-state index in [1.54, 1.807) is 17.4 Å². The summed E-state index contributed by atoms with van der Waals surface area (Å²) in [5.41, 5.74) is 0.215. The second-order valence-corrected chi connectivity index (χ2v) is 10.8. The van der Waals surface area contributed by atoms with Crippen LogP contribution in [0.3, 0.4) is 0 Å². The first-order valence-electron chi connectivity index (χ1n) is 11.3. The number of thiazole rings is 1. The number of amides is 1. The number of nitrogens with one attached hydrogen (secondary N) is 1. The maximum Gasteiger partial charge on any atom is 0.223 e. The van der Waals surface area contributed by atoms with Gasteiger partial charge in [0.2, 0.25) is 5.91 Å². The van der Waals surface area contributed by atoms with Crippen LogP contribution in [0.5, 0.6) is 0 Å². The Morgan fingerprint density at radius 1 is 1.42 bits per heavy atom. The lowest BCUT2D eigenvalue weighted by Gasteiger charge is -2.58. The minimum Gasteiger partial charge on any atom is -0.396 e. The zero-order valence-electron chi connectivity index (χ0n) is 18.6. The van der Waals surface area contributed by atoms with Crippen LogP contribution in [-0.4, -0.2) is 71.6 Å². The van der Waals surface area contributed by atoms with Crippen molar-refractivity contribution < 1.29 is 19.7 Å². The number of hydrogen-bond acceptors (Lipinski definition) is 7. The summed E-state index contributed by atoms with van der Waals surface area (Å²) < 4.78 is 5.42. The third kappa shape index (κ3) is 3.92. The Morgan fingerprint density at radius 2 is 2.16 bits per heavy atom. The van der Waals surface area contributed by atoms with Crippen molar-refractivity contribution in [3.05, 3.63) is 23.2 Å². The van der Waals surface area contributed by atoms with E-state index < -0.39 is 11.5 Å². The van der Waals surface area contributed by atoms with Gasteiger partial charge in [-0.3, -0.25) is 4.79 Å². The molecule has 7 nitrogen and oxygen atoms in total. The Kier molecular flexibility index (Phi) is 6.45. The zero-order valence-corrected chi connectivity index (χ0v) is 19.4. The Morgan fingerprint density at radius 3 is 2.84 bits per heavy atom. The Balaban J connectivity index is 1.71. The van der Waals surface area contributed by atoms with Crippen LogP contribution in [0.15, 0.2) is 12.7 Å². The van der Waals surface area contributed by atoms with Crippen LogP contribution in [-0.2, 0) is 16.0 Å². The first-order valence-corrected chi connectivity index (χ1v) is 12.1. The molecular weight excluding hydrogens is 414 g/mol.